The number of carbonyl (C=O) groups excluding carboxylic acids is 1. The van der Waals surface area contributed by atoms with Crippen molar-refractivity contribution in [3.63, 3.8) is 0 Å². The van der Waals surface area contributed by atoms with Crippen LogP contribution in [0.4, 0.5) is 5.69 Å². The summed E-state index contributed by atoms with van der Waals surface area (Å²) in [4.78, 5) is 23.0. The number of carboxylic acids is 1. The van der Waals surface area contributed by atoms with Gasteiger partial charge >= 0.3 is 5.97 Å². The quantitative estimate of drug-likeness (QED) is 0.814. The van der Waals surface area contributed by atoms with E-state index in [0.717, 1.165) is 0 Å². The third kappa shape index (κ3) is 3.96. The molecule has 0 heterocycles. The van der Waals surface area contributed by atoms with E-state index in [1.807, 2.05) is 0 Å². The smallest absolute Gasteiger partial charge is 0.316 e. The molecule has 1 unspecified atom stereocenters. The Labute approximate surface area is 120 Å². The molecule has 1 aromatic rings. The number of carbonyl (C=O) groups is 2. The molecule has 0 aliphatic rings. The van der Waals surface area contributed by atoms with E-state index < -0.39 is 17.8 Å². The Morgan fingerprint density at radius 3 is 2.42 bits per heavy atom. The number of hydrogen-bond donors (Lipinski definition) is 2. The summed E-state index contributed by atoms with van der Waals surface area (Å²) in [6, 6.07) is 5.00. The van der Waals surface area contributed by atoms with Crippen LogP contribution in [0.15, 0.2) is 22.7 Å². The molecule has 6 heteroatoms. The average Bonchev–Trinajstić information content (AvgIpc) is 2.27. The summed E-state index contributed by atoms with van der Waals surface area (Å²) < 4.78 is 5.76. The van der Waals surface area contributed by atoms with E-state index in [1.54, 1.807) is 32.0 Å². The number of rotatable bonds is 5. The zero-order valence-corrected chi connectivity index (χ0v) is 12.5. The number of halogens is 1. The minimum atomic E-state index is -1.12. The number of nitrogens with one attached hydrogen (secondary N) is 1. The predicted octanol–water partition coefficient (Wildman–Crippen LogP) is 2.75. The summed E-state index contributed by atoms with van der Waals surface area (Å²) in [6.45, 7) is 3.39. The Hall–Kier alpha value is -1.56. The first-order valence-corrected chi connectivity index (χ1v) is 6.53. The molecule has 0 saturated heterocycles. The summed E-state index contributed by atoms with van der Waals surface area (Å²) in [5, 5.41) is 11.6. The van der Waals surface area contributed by atoms with E-state index in [9.17, 15) is 9.59 Å². The lowest BCUT2D eigenvalue weighted by Gasteiger charge is -2.16. The fraction of sp³-hybridized carbons (Fsp3) is 0.385. The highest BCUT2D eigenvalue weighted by Gasteiger charge is 2.29. The van der Waals surface area contributed by atoms with Gasteiger partial charge in [0, 0.05) is 5.69 Å². The largest absolute Gasteiger partial charge is 0.496 e. The molecule has 2 N–H and O–H groups in total. The second-order valence-corrected chi connectivity index (χ2v) is 5.25. The van der Waals surface area contributed by atoms with Crippen LogP contribution < -0.4 is 10.1 Å². The normalized spacial score (nSPS) is 12.1. The molecule has 0 aromatic heterocycles. The molecule has 0 aliphatic heterocycles. The van der Waals surface area contributed by atoms with Gasteiger partial charge in [-0.05, 0) is 40.0 Å². The molecular weight excluding hydrogens is 314 g/mol. The molecule has 0 bridgehead atoms. The standard InChI is InChI=1S/C13H16BrNO4/c1-7(2)11(13(17)18)12(16)15-8-4-5-10(19-3)9(14)6-8/h4-7,11H,1-3H3,(H,15,16)(H,17,18). The first-order chi connectivity index (χ1) is 8.86. The van der Waals surface area contributed by atoms with Gasteiger partial charge in [-0.15, -0.1) is 0 Å². The lowest BCUT2D eigenvalue weighted by molar-refractivity contribution is -0.147. The van der Waals surface area contributed by atoms with Crippen LogP contribution in [0.2, 0.25) is 0 Å². The number of hydrogen-bond acceptors (Lipinski definition) is 3. The van der Waals surface area contributed by atoms with Crippen molar-refractivity contribution in [2.24, 2.45) is 11.8 Å². The lowest BCUT2D eigenvalue weighted by atomic mass is 9.95. The zero-order chi connectivity index (χ0) is 14.6. The highest BCUT2D eigenvalue weighted by atomic mass is 79.9. The van der Waals surface area contributed by atoms with E-state index in [4.69, 9.17) is 9.84 Å². The third-order valence-corrected chi connectivity index (χ3v) is 3.25. The van der Waals surface area contributed by atoms with E-state index in [-0.39, 0.29) is 5.92 Å². The van der Waals surface area contributed by atoms with Crippen LogP contribution in [0.1, 0.15) is 13.8 Å². The zero-order valence-electron chi connectivity index (χ0n) is 10.9. The Kier molecular flexibility index (Phi) is 5.35. The van der Waals surface area contributed by atoms with Gasteiger partial charge in [-0.3, -0.25) is 9.59 Å². The summed E-state index contributed by atoms with van der Waals surface area (Å²) in [5.41, 5.74) is 0.518. The van der Waals surface area contributed by atoms with Gasteiger partial charge < -0.3 is 15.2 Å². The van der Waals surface area contributed by atoms with Crippen LogP contribution >= 0.6 is 15.9 Å². The molecule has 1 aromatic carbocycles. The molecule has 0 fully saturated rings. The van der Waals surface area contributed by atoms with Crippen molar-refractivity contribution in [1.82, 2.24) is 0 Å². The maximum atomic E-state index is 11.9. The number of methoxy groups -OCH3 is 1. The van der Waals surface area contributed by atoms with Crippen LogP contribution in [0.25, 0.3) is 0 Å². The maximum absolute atomic E-state index is 11.9. The monoisotopic (exact) mass is 329 g/mol. The van der Waals surface area contributed by atoms with Gasteiger partial charge in [0.2, 0.25) is 5.91 Å². The minimum Gasteiger partial charge on any atom is -0.496 e. The van der Waals surface area contributed by atoms with Gasteiger partial charge in [-0.25, -0.2) is 0 Å². The van der Waals surface area contributed by atoms with Crippen molar-refractivity contribution < 1.29 is 19.4 Å². The average molecular weight is 330 g/mol. The molecule has 5 nitrogen and oxygen atoms in total. The topological polar surface area (TPSA) is 75.6 Å². The van der Waals surface area contributed by atoms with Gasteiger partial charge in [0.05, 0.1) is 11.6 Å². The van der Waals surface area contributed by atoms with Crippen molar-refractivity contribution in [2.45, 2.75) is 13.8 Å². The van der Waals surface area contributed by atoms with E-state index >= 15 is 0 Å². The molecule has 0 spiro atoms. The number of carboxylic acid groups (broad SMARTS) is 1. The fourth-order valence-electron chi connectivity index (χ4n) is 1.66. The Balaban J connectivity index is 2.87. The number of aliphatic carboxylic acids is 1. The first kappa shape index (κ1) is 15.5. The predicted molar refractivity (Wildman–Crippen MR) is 75.3 cm³/mol. The first-order valence-electron chi connectivity index (χ1n) is 5.74. The van der Waals surface area contributed by atoms with Gasteiger partial charge in [0.1, 0.15) is 11.7 Å². The Bertz CT molecular complexity index is 488. The summed E-state index contributed by atoms with van der Waals surface area (Å²) in [6.07, 6.45) is 0. The van der Waals surface area contributed by atoms with Crippen molar-refractivity contribution >= 4 is 33.5 Å². The Morgan fingerprint density at radius 2 is 2.00 bits per heavy atom. The SMILES string of the molecule is COc1ccc(NC(=O)C(C(=O)O)C(C)C)cc1Br. The summed E-state index contributed by atoms with van der Waals surface area (Å²) in [5.74, 6) is -2.36. The highest BCUT2D eigenvalue weighted by molar-refractivity contribution is 9.10. The van der Waals surface area contributed by atoms with Crippen molar-refractivity contribution in [3.8, 4) is 5.75 Å². The third-order valence-electron chi connectivity index (χ3n) is 2.63. The molecule has 1 atom stereocenters. The van der Waals surface area contributed by atoms with Gasteiger partial charge in [0.15, 0.2) is 0 Å². The van der Waals surface area contributed by atoms with Crippen molar-refractivity contribution in [1.29, 1.82) is 0 Å². The molecule has 104 valence electrons. The molecule has 0 aliphatic carbocycles. The number of anilines is 1. The molecule has 0 radical (unpaired) electrons. The lowest BCUT2D eigenvalue weighted by Crippen LogP contribution is -2.33. The van der Waals surface area contributed by atoms with Gasteiger partial charge in [0.25, 0.3) is 0 Å². The molecule has 0 saturated carbocycles. The van der Waals surface area contributed by atoms with E-state index in [0.29, 0.717) is 15.9 Å². The van der Waals surface area contributed by atoms with Crippen LogP contribution in [0.3, 0.4) is 0 Å². The number of ether oxygens (including phenoxy) is 1. The second-order valence-electron chi connectivity index (χ2n) is 4.40. The van der Waals surface area contributed by atoms with Gasteiger partial charge in [-0.1, -0.05) is 13.8 Å². The van der Waals surface area contributed by atoms with Crippen LogP contribution in [0, 0.1) is 11.8 Å². The van der Waals surface area contributed by atoms with Gasteiger partial charge in [-0.2, -0.15) is 0 Å². The fourth-order valence-corrected chi connectivity index (χ4v) is 2.20. The molecule has 1 rings (SSSR count). The van der Waals surface area contributed by atoms with Crippen LogP contribution in [-0.2, 0) is 9.59 Å². The maximum Gasteiger partial charge on any atom is 0.316 e. The van der Waals surface area contributed by atoms with E-state index in [2.05, 4.69) is 21.2 Å². The van der Waals surface area contributed by atoms with Crippen LogP contribution in [-0.4, -0.2) is 24.1 Å². The van der Waals surface area contributed by atoms with Crippen LogP contribution in [0.5, 0.6) is 5.75 Å². The number of benzene rings is 1. The van der Waals surface area contributed by atoms with Crippen molar-refractivity contribution in [2.75, 3.05) is 12.4 Å². The second kappa shape index (κ2) is 6.56. The summed E-state index contributed by atoms with van der Waals surface area (Å²) >= 11 is 3.30. The van der Waals surface area contributed by atoms with E-state index in [1.165, 1.54) is 7.11 Å². The highest BCUT2D eigenvalue weighted by Crippen LogP contribution is 2.28. The molecule has 19 heavy (non-hydrogen) atoms. The van der Waals surface area contributed by atoms with Crippen molar-refractivity contribution in [3.05, 3.63) is 22.7 Å². The molecule has 1 amide bonds. The number of amides is 1. The minimum absolute atomic E-state index is 0.279. The summed E-state index contributed by atoms with van der Waals surface area (Å²) in [7, 11) is 1.54. The molecular formula is C13H16BrNO4. The Morgan fingerprint density at radius 1 is 1.37 bits per heavy atom.